The van der Waals surface area contributed by atoms with E-state index in [1.807, 2.05) is 4.72 Å². The minimum atomic E-state index is -4.36. The first-order chi connectivity index (χ1) is 18.1. The Hall–Kier alpha value is -4.13. The number of amides is 3. The fraction of sp³-hybridized carbons (Fsp3) is 0.360. The van der Waals surface area contributed by atoms with Gasteiger partial charge in [0.25, 0.3) is 21.8 Å². The lowest BCUT2D eigenvalue weighted by Crippen LogP contribution is -2.36. The summed E-state index contributed by atoms with van der Waals surface area (Å²) in [6.07, 6.45) is 8.04. The van der Waals surface area contributed by atoms with E-state index < -0.39 is 39.4 Å². The summed E-state index contributed by atoms with van der Waals surface area (Å²) in [6, 6.07) is 2.41. The molecule has 4 rings (SSSR count). The van der Waals surface area contributed by atoms with Crippen LogP contribution in [0.5, 0.6) is 0 Å². The topological polar surface area (TPSA) is 164 Å². The molecular formula is C25H29N7O5S. The third-order valence-corrected chi connectivity index (χ3v) is 7.68. The molecule has 2 aliphatic rings. The second kappa shape index (κ2) is 11.1. The summed E-state index contributed by atoms with van der Waals surface area (Å²) in [7, 11) is -4.36. The zero-order valence-corrected chi connectivity index (χ0v) is 22.0. The maximum Gasteiger partial charge on any atom is 0.333 e. The molecular weight excluding hydrogens is 510 g/mol. The number of nitrogens with zero attached hydrogens (tertiary/aromatic N) is 4. The van der Waals surface area contributed by atoms with Crippen molar-refractivity contribution in [2.24, 2.45) is 9.98 Å². The summed E-state index contributed by atoms with van der Waals surface area (Å²) in [5, 5.41) is 8.41. The zero-order valence-electron chi connectivity index (χ0n) is 21.2. The van der Waals surface area contributed by atoms with E-state index in [0.717, 1.165) is 66.6 Å². The number of rotatable bonds is 8. The van der Waals surface area contributed by atoms with Crippen molar-refractivity contribution in [2.75, 3.05) is 11.9 Å². The lowest BCUT2D eigenvalue weighted by molar-refractivity contribution is -0.114. The van der Waals surface area contributed by atoms with Crippen LogP contribution < -0.4 is 15.4 Å². The van der Waals surface area contributed by atoms with Gasteiger partial charge in [-0.2, -0.15) is 13.5 Å². The molecule has 3 amide bonds. The molecule has 0 bridgehead atoms. The fourth-order valence-corrected chi connectivity index (χ4v) is 5.36. The monoisotopic (exact) mass is 539 g/mol. The predicted molar refractivity (Wildman–Crippen MR) is 142 cm³/mol. The molecule has 0 unspecified atom stereocenters. The number of urea groups is 1. The first-order valence-corrected chi connectivity index (χ1v) is 13.6. The van der Waals surface area contributed by atoms with Gasteiger partial charge in [-0.3, -0.25) is 19.6 Å². The Kier molecular flexibility index (Phi) is 7.86. The summed E-state index contributed by atoms with van der Waals surface area (Å²) >= 11 is 0. The quantitative estimate of drug-likeness (QED) is 0.435. The number of carbonyl (C=O) groups is 3. The van der Waals surface area contributed by atoms with E-state index in [2.05, 4.69) is 38.5 Å². The molecule has 3 N–H and O–H groups in total. The maximum atomic E-state index is 12.8. The van der Waals surface area contributed by atoms with Crippen molar-refractivity contribution >= 4 is 46.0 Å². The van der Waals surface area contributed by atoms with Crippen LogP contribution >= 0.6 is 0 Å². The molecule has 12 nitrogen and oxygen atoms in total. The van der Waals surface area contributed by atoms with Gasteiger partial charge < -0.3 is 10.6 Å². The van der Waals surface area contributed by atoms with Crippen LogP contribution in [-0.4, -0.2) is 55.0 Å². The van der Waals surface area contributed by atoms with Crippen molar-refractivity contribution in [3.63, 3.8) is 0 Å². The van der Waals surface area contributed by atoms with Crippen LogP contribution in [0.1, 0.15) is 53.7 Å². The van der Waals surface area contributed by atoms with Gasteiger partial charge in [0.15, 0.2) is 5.03 Å². The second-order valence-corrected chi connectivity index (χ2v) is 10.7. The summed E-state index contributed by atoms with van der Waals surface area (Å²) in [5.74, 6) is -1.28. The molecule has 0 aliphatic heterocycles. The Balaban J connectivity index is 1.39. The van der Waals surface area contributed by atoms with Crippen LogP contribution in [0.2, 0.25) is 0 Å². The molecule has 38 heavy (non-hydrogen) atoms. The van der Waals surface area contributed by atoms with Gasteiger partial charge in [-0.05, 0) is 87.4 Å². The first-order valence-electron chi connectivity index (χ1n) is 12.1. The summed E-state index contributed by atoms with van der Waals surface area (Å²) < 4.78 is 28.3. The average Bonchev–Trinajstić information content (AvgIpc) is 3.65. The summed E-state index contributed by atoms with van der Waals surface area (Å²) in [4.78, 5) is 44.8. The van der Waals surface area contributed by atoms with E-state index in [9.17, 15) is 22.8 Å². The highest BCUT2D eigenvalue weighted by Crippen LogP contribution is 2.38. The highest BCUT2D eigenvalue weighted by Gasteiger charge is 2.27. The lowest BCUT2D eigenvalue weighted by Gasteiger charge is -2.16. The number of nitrogens with one attached hydrogen (secondary N) is 3. The number of aliphatic imine (C=N–C) groups is 2. The smallest absolute Gasteiger partial charge is 0.333 e. The third-order valence-electron chi connectivity index (χ3n) is 6.46. The minimum Gasteiger partial charge on any atom is -0.342 e. The first kappa shape index (κ1) is 26.9. The van der Waals surface area contributed by atoms with Crippen LogP contribution in [-0.2, 0) is 40.5 Å². The van der Waals surface area contributed by atoms with E-state index in [0.29, 0.717) is 11.4 Å². The number of hydrogen-bond acceptors (Lipinski definition) is 8. The van der Waals surface area contributed by atoms with Gasteiger partial charge in [-0.1, -0.05) is 6.07 Å². The van der Waals surface area contributed by atoms with Crippen LogP contribution in [0.3, 0.4) is 0 Å². The van der Waals surface area contributed by atoms with Gasteiger partial charge in [-0.15, -0.1) is 0 Å². The standard InChI is InChI=1S/C25H29N7O5S/c1-15(26-3)13-27-16(2)24(34)28-14-22(33)32-11-10-21(30-32)38(36,37)31-25(35)29-23-19-8-4-6-17(19)12-18-7-5-9-20(18)23/h10-13H,3-9,14H2,1-2H3,(H,28,34)(H2,29,31,35)/b15-13-,27-16?. The molecule has 1 aromatic heterocycles. The minimum absolute atomic E-state index is 0.0921. The largest absolute Gasteiger partial charge is 0.342 e. The molecule has 0 radical (unpaired) electrons. The van der Waals surface area contributed by atoms with Crippen LogP contribution in [0.25, 0.3) is 0 Å². The molecule has 2 aromatic rings. The van der Waals surface area contributed by atoms with E-state index in [4.69, 9.17) is 0 Å². The molecule has 0 saturated carbocycles. The Morgan fingerprint density at radius 2 is 1.76 bits per heavy atom. The molecule has 1 heterocycles. The number of hydrogen-bond donors (Lipinski definition) is 3. The van der Waals surface area contributed by atoms with Gasteiger partial charge in [-0.25, -0.2) is 14.2 Å². The molecule has 0 spiro atoms. The Morgan fingerprint density at radius 3 is 2.39 bits per heavy atom. The molecule has 13 heteroatoms. The number of aryl methyl sites for hydroxylation is 2. The number of sulfonamides is 1. The van der Waals surface area contributed by atoms with Gasteiger partial charge in [0.2, 0.25) is 0 Å². The normalized spacial score (nSPS) is 15.0. The maximum absolute atomic E-state index is 12.8. The molecule has 200 valence electrons. The predicted octanol–water partition coefficient (Wildman–Crippen LogP) is 2.15. The second-order valence-electron chi connectivity index (χ2n) is 9.11. The number of anilines is 1. The van der Waals surface area contributed by atoms with Gasteiger partial charge in [0.05, 0.1) is 12.2 Å². The average molecular weight is 540 g/mol. The van der Waals surface area contributed by atoms with E-state index in [-0.39, 0.29) is 5.71 Å². The van der Waals surface area contributed by atoms with E-state index in [1.54, 1.807) is 6.92 Å². The van der Waals surface area contributed by atoms with Crippen molar-refractivity contribution in [3.05, 3.63) is 52.5 Å². The van der Waals surface area contributed by atoms with Crippen molar-refractivity contribution in [3.8, 4) is 0 Å². The van der Waals surface area contributed by atoms with Gasteiger partial charge in [0.1, 0.15) is 5.71 Å². The van der Waals surface area contributed by atoms with Crippen LogP contribution in [0, 0.1) is 0 Å². The van der Waals surface area contributed by atoms with Gasteiger partial charge >= 0.3 is 6.03 Å². The van der Waals surface area contributed by atoms with Crippen molar-refractivity contribution in [1.29, 1.82) is 0 Å². The van der Waals surface area contributed by atoms with E-state index in [1.165, 1.54) is 24.3 Å². The van der Waals surface area contributed by atoms with Crippen molar-refractivity contribution in [2.45, 2.75) is 57.4 Å². The number of allylic oxidation sites excluding steroid dienone is 1. The number of benzene rings is 1. The third kappa shape index (κ3) is 5.88. The molecule has 1 aromatic carbocycles. The molecule has 0 atom stereocenters. The van der Waals surface area contributed by atoms with Crippen molar-refractivity contribution in [1.82, 2.24) is 19.8 Å². The molecule has 0 saturated heterocycles. The summed E-state index contributed by atoms with van der Waals surface area (Å²) in [6.45, 7) is 6.01. The fourth-order valence-electron chi connectivity index (χ4n) is 4.52. The van der Waals surface area contributed by atoms with Crippen LogP contribution in [0.4, 0.5) is 10.5 Å². The zero-order chi connectivity index (χ0) is 27.4. The number of carbonyl (C=O) groups excluding carboxylic acids is 3. The summed E-state index contributed by atoms with van der Waals surface area (Å²) in [5.41, 5.74) is 5.86. The molecule has 0 fully saturated rings. The Morgan fingerprint density at radius 1 is 1.11 bits per heavy atom. The highest BCUT2D eigenvalue weighted by atomic mass is 32.2. The Labute approximate surface area is 220 Å². The van der Waals surface area contributed by atoms with Crippen LogP contribution in [0.15, 0.2) is 45.2 Å². The number of fused-ring (bicyclic) bond motifs is 2. The SMILES string of the molecule is C=N/C(C)=C\N=C(C)C(=O)NCC(=O)n1ccc(S(=O)(=O)NC(=O)Nc2c3c(cc4c2CCC4)CCC3)n1. The van der Waals surface area contributed by atoms with Gasteiger partial charge in [0, 0.05) is 18.1 Å². The molecule has 2 aliphatic carbocycles. The Bertz CT molecular complexity index is 1460. The van der Waals surface area contributed by atoms with Crippen molar-refractivity contribution < 1.29 is 22.8 Å². The number of aromatic nitrogens is 2. The van der Waals surface area contributed by atoms with E-state index >= 15 is 0 Å². The highest BCUT2D eigenvalue weighted by molar-refractivity contribution is 7.90. The lowest BCUT2D eigenvalue weighted by atomic mass is 9.99.